The summed E-state index contributed by atoms with van der Waals surface area (Å²) >= 11 is 0. The van der Waals surface area contributed by atoms with Crippen molar-refractivity contribution in [1.82, 2.24) is 4.31 Å². The molecule has 1 saturated carbocycles. The van der Waals surface area contributed by atoms with Crippen molar-refractivity contribution in [2.75, 3.05) is 6.54 Å². The van der Waals surface area contributed by atoms with E-state index in [1.807, 2.05) is 0 Å². The van der Waals surface area contributed by atoms with Crippen LogP contribution in [0.5, 0.6) is 0 Å². The zero-order valence-electron chi connectivity index (χ0n) is 12.9. The van der Waals surface area contributed by atoms with E-state index in [9.17, 15) is 18.5 Å². The van der Waals surface area contributed by atoms with Crippen molar-refractivity contribution in [1.29, 1.82) is 0 Å². The first-order valence-corrected chi connectivity index (χ1v) is 8.76. The quantitative estimate of drug-likeness (QED) is 0.632. The Morgan fingerprint density at radius 2 is 1.91 bits per heavy atom. The van der Waals surface area contributed by atoms with Gasteiger partial charge in [0.1, 0.15) is 0 Å². The third kappa shape index (κ3) is 2.14. The van der Waals surface area contributed by atoms with Crippen LogP contribution in [-0.4, -0.2) is 30.2 Å². The van der Waals surface area contributed by atoms with Gasteiger partial charge in [0, 0.05) is 18.7 Å². The molecule has 2 aliphatic rings. The van der Waals surface area contributed by atoms with Gasteiger partial charge in [-0.25, -0.2) is 8.42 Å². The zero-order chi connectivity index (χ0) is 16.3. The lowest BCUT2D eigenvalue weighted by Gasteiger charge is -2.40. The van der Waals surface area contributed by atoms with Crippen molar-refractivity contribution < 1.29 is 13.3 Å². The van der Waals surface area contributed by atoms with Gasteiger partial charge in [-0.3, -0.25) is 10.1 Å². The number of hydrogen-bond acceptors (Lipinski definition) is 4. The van der Waals surface area contributed by atoms with Crippen molar-refractivity contribution in [3.8, 4) is 0 Å². The van der Waals surface area contributed by atoms with Crippen LogP contribution in [0.15, 0.2) is 29.2 Å². The van der Waals surface area contributed by atoms with Crippen molar-refractivity contribution in [2.45, 2.75) is 44.6 Å². The fraction of sp³-hybridized carbons (Fsp3) is 0.600. The molecule has 3 rings (SSSR count). The maximum Gasteiger partial charge on any atom is 0.289 e. The Labute approximate surface area is 130 Å². The van der Waals surface area contributed by atoms with E-state index in [4.69, 9.17) is 0 Å². The molecule has 2 fully saturated rings. The third-order valence-electron chi connectivity index (χ3n) is 5.00. The Kier molecular flexibility index (Phi) is 3.17. The van der Waals surface area contributed by atoms with E-state index in [1.165, 1.54) is 28.6 Å². The highest BCUT2D eigenvalue weighted by Gasteiger charge is 2.59. The lowest BCUT2D eigenvalue weighted by molar-refractivity contribution is -0.387. The predicted octanol–water partition coefficient (Wildman–Crippen LogP) is 2.79. The number of benzene rings is 1. The minimum atomic E-state index is -3.86. The highest BCUT2D eigenvalue weighted by Crippen LogP contribution is 2.58. The number of nitro benzene ring substituents is 1. The van der Waals surface area contributed by atoms with Gasteiger partial charge in [0.25, 0.3) is 5.69 Å². The second kappa shape index (κ2) is 4.52. The molecule has 1 aliphatic carbocycles. The maximum atomic E-state index is 13.0. The summed E-state index contributed by atoms with van der Waals surface area (Å²) in [5, 5.41) is 11.2. The number of piperidine rings is 1. The number of rotatable bonds is 3. The van der Waals surface area contributed by atoms with Crippen LogP contribution in [0.2, 0.25) is 0 Å². The van der Waals surface area contributed by atoms with Crippen molar-refractivity contribution in [2.24, 2.45) is 10.8 Å². The van der Waals surface area contributed by atoms with Crippen LogP contribution in [0, 0.1) is 20.9 Å². The molecule has 22 heavy (non-hydrogen) atoms. The van der Waals surface area contributed by atoms with E-state index in [0.29, 0.717) is 6.54 Å². The fourth-order valence-corrected chi connectivity index (χ4v) is 6.42. The second-order valence-electron chi connectivity index (χ2n) is 7.47. The molecule has 1 saturated heterocycles. The van der Waals surface area contributed by atoms with Crippen LogP contribution in [0.3, 0.4) is 0 Å². The van der Waals surface area contributed by atoms with Crippen molar-refractivity contribution in [3.63, 3.8) is 0 Å². The molecule has 120 valence electrons. The normalized spacial score (nSPS) is 30.6. The molecule has 7 heteroatoms. The van der Waals surface area contributed by atoms with Crippen molar-refractivity contribution in [3.05, 3.63) is 34.4 Å². The molecule has 6 nitrogen and oxygen atoms in total. The molecule has 1 heterocycles. The number of nitro groups is 1. The molecule has 0 N–H and O–H groups in total. The average molecular weight is 324 g/mol. The maximum absolute atomic E-state index is 13.0. The molecule has 1 aliphatic heterocycles. The van der Waals surface area contributed by atoms with Gasteiger partial charge in [-0.2, -0.15) is 4.31 Å². The zero-order valence-corrected chi connectivity index (χ0v) is 13.8. The summed E-state index contributed by atoms with van der Waals surface area (Å²) in [5.41, 5.74) is -0.498. The second-order valence-corrected chi connectivity index (χ2v) is 9.33. The summed E-state index contributed by atoms with van der Waals surface area (Å²) in [7, 11) is -3.86. The lowest BCUT2D eigenvalue weighted by atomic mass is 9.80. The molecular weight excluding hydrogens is 304 g/mol. The molecule has 0 aromatic heterocycles. The Morgan fingerprint density at radius 1 is 1.27 bits per heavy atom. The van der Waals surface area contributed by atoms with E-state index in [-0.39, 0.29) is 27.5 Å². The number of para-hydroxylation sites is 1. The van der Waals surface area contributed by atoms with Gasteiger partial charge in [0.15, 0.2) is 4.90 Å². The largest absolute Gasteiger partial charge is 0.289 e. The summed E-state index contributed by atoms with van der Waals surface area (Å²) in [5.74, 6) is 0. The van der Waals surface area contributed by atoms with Crippen LogP contribution in [-0.2, 0) is 10.0 Å². The van der Waals surface area contributed by atoms with Crippen LogP contribution in [0.4, 0.5) is 5.69 Å². The minimum Gasteiger partial charge on any atom is -0.258 e. The highest BCUT2D eigenvalue weighted by molar-refractivity contribution is 7.89. The Hall–Kier alpha value is -1.47. The SMILES string of the molecule is CC12CC(N(S(=O)(=O)c3ccccc3[N+](=O)[O-])C1)C(C)(C)C2. The predicted molar refractivity (Wildman–Crippen MR) is 81.9 cm³/mol. The first-order valence-electron chi connectivity index (χ1n) is 7.32. The van der Waals surface area contributed by atoms with E-state index in [0.717, 1.165) is 12.8 Å². The molecule has 2 atom stereocenters. The Balaban J connectivity index is 2.08. The summed E-state index contributed by atoms with van der Waals surface area (Å²) in [4.78, 5) is 10.3. The molecule has 1 aromatic carbocycles. The van der Waals surface area contributed by atoms with Gasteiger partial charge in [-0.1, -0.05) is 32.9 Å². The van der Waals surface area contributed by atoms with E-state index in [1.54, 1.807) is 0 Å². The van der Waals surface area contributed by atoms with Crippen LogP contribution in [0.1, 0.15) is 33.6 Å². The lowest BCUT2D eigenvalue weighted by Crippen LogP contribution is -2.47. The summed E-state index contributed by atoms with van der Waals surface area (Å²) < 4.78 is 27.5. The molecule has 2 unspecified atom stereocenters. The smallest absolute Gasteiger partial charge is 0.258 e. The van der Waals surface area contributed by atoms with Gasteiger partial charge in [0.2, 0.25) is 10.0 Å². The van der Waals surface area contributed by atoms with E-state index < -0.39 is 14.9 Å². The Bertz CT molecular complexity index is 741. The van der Waals surface area contributed by atoms with Gasteiger partial charge < -0.3 is 0 Å². The number of hydrogen-bond donors (Lipinski definition) is 0. The first kappa shape index (κ1) is 15.4. The van der Waals surface area contributed by atoms with Gasteiger partial charge in [-0.15, -0.1) is 0 Å². The first-order chi connectivity index (χ1) is 10.1. The van der Waals surface area contributed by atoms with Gasteiger partial charge >= 0.3 is 0 Å². The standard InChI is InChI=1S/C15H20N2O4S/c1-14(2)9-15(3)8-13(14)16(10-15)22(20,21)12-7-5-4-6-11(12)17(18)19/h4-7,13H,8-10H2,1-3H3. The average Bonchev–Trinajstić information content (AvgIpc) is 2.87. The summed E-state index contributed by atoms with van der Waals surface area (Å²) in [6.45, 7) is 6.69. The van der Waals surface area contributed by atoms with Crippen LogP contribution < -0.4 is 0 Å². The van der Waals surface area contributed by atoms with E-state index >= 15 is 0 Å². The number of fused-ring (bicyclic) bond motifs is 2. The third-order valence-corrected chi connectivity index (χ3v) is 6.91. The topological polar surface area (TPSA) is 80.5 Å². The molecule has 2 bridgehead atoms. The monoisotopic (exact) mass is 324 g/mol. The fourth-order valence-electron chi connectivity index (χ4n) is 4.34. The molecular formula is C15H20N2O4S. The molecule has 1 aromatic rings. The number of sulfonamides is 1. The summed E-state index contributed by atoms with van der Waals surface area (Å²) in [6.07, 6.45) is 1.80. The van der Waals surface area contributed by atoms with Crippen LogP contribution in [0.25, 0.3) is 0 Å². The van der Waals surface area contributed by atoms with Crippen molar-refractivity contribution >= 4 is 15.7 Å². The van der Waals surface area contributed by atoms with Crippen LogP contribution >= 0.6 is 0 Å². The molecule has 0 radical (unpaired) electrons. The molecule has 0 amide bonds. The number of nitrogens with zero attached hydrogens (tertiary/aromatic N) is 2. The van der Waals surface area contributed by atoms with E-state index in [2.05, 4.69) is 20.8 Å². The Morgan fingerprint density at radius 3 is 2.45 bits per heavy atom. The summed E-state index contributed by atoms with van der Waals surface area (Å²) in [6, 6.07) is 5.49. The molecule has 0 spiro atoms. The van der Waals surface area contributed by atoms with Gasteiger partial charge in [0.05, 0.1) is 4.92 Å². The van der Waals surface area contributed by atoms with Gasteiger partial charge in [-0.05, 0) is 29.7 Å². The minimum absolute atomic E-state index is 0.0369. The highest BCUT2D eigenvalue weighted by atomic mass is 32.2.